The van der Waals surface area contributed by atoms with Crippen LogP contribution in [0.25, 0.3) is 10.9 Å². The van der Waals surface area contributed by atoms with Gasteiger partial charge in [-0.15, -0.1) is 0 Å². The molecule has 0 spiro atoms. The summed E-state index contributed by atoms with van der Waals surface area (Å²) in [4.78, 5) is 47.1. The van der Waals surface area contributed by atoms with Crippen LogP contribution in [0.5, 0.6) is 23.0 Å². The highest BCUT2D eigenvalue weighted by molar-refractivity contribution is 6.23. The third-order valence-electron chi connectivity index (χ3n) is 8.03. The van der Waals surface area contributed by atoms with Crippen molar-refractivity contribution in [3.63, 3.8) is 0 Å². The lowest BCUT2D eigenvalue weighted by Crippen LogP contribution is -2.60. The molecule has 0 aliphatic carbocycles. The number of benzene rings is 4. The summed E-state index contributed by atoms with van der Waals surface area (Å²) in [7, 11) is 3.00. The summed E-state index contributed by atoms with van der Waals surface area (Å²) in [6, 6.07) is 22.3. The fourth-order valence-corrected chi connectivity index (χ4v) is 5.46. The minimum absolute atomic E-state index is 0.0571. The van der Waals surface area contributed by atoms with Gasteiger partial charge in [0, 0.05) is 42.5 Å². The molecule has 2 heterocycles. The zero-order valence-corrected chi connectivity index (χ0v) is 27.1. The number of amides is 4. The number of carbonyl (C=O) groups excluding carboxylic acids is 3. The predicted octanol–water partition coefficient (Wildman–Crippen LogP) is 6.56. The van der Waals surface area contributed by atoms with Gasteiger partial charge < -0.3 is 29.2 Å². The fourth-order valence-electron chi connectivity index (χ4n) is 5.46. The lowest BCUT2D eigenvalue weighted by atomic mass is 10.0. The van der Waals surface area contributed by atoms with E-state index in [1.54, 1.807) is 18.2 Å². The number of fused-ring (bicyclic) bond motifs is 1. The quantitative estimate of drug-likeness (QED) is 0.116. The van der Waals surface area contributed by atoms with E-state index in [9.17, 15) is 18.8 Å². The second-order valence-corrected chi connectivity index (χ2v) is 11.2. The normalized spacial score (nSPS) is 14.5. The summed E-state index contributed by atoms with van der Waals surface area (Å²) in [5, 5.41) is 3.13. The second kappa shape index (κ2) is 15.0. The summed E-state index contributed by atoms with van der Waals surface area (Å²) in [5.74, 6) is -3.20. The molecule has 5 aromatic rings. The Kier molecular flexibility index (Phi) is 10.1. The van der Waals surface area contributed by atoms with Gasteiger partial charge in [-0.2, -0.15) is 0 Å². The van der Waals surface area contributed by atoms with Gasteiger partial charge in [-0.25, -0.2) is 18.5 Å². The van der Waals surface area contributed by atoms with Crippen LogP contribution in [-0.2, 0) is 20.9 Å². The maximum Gasteiger partial charge on any atom is 0.331 e. The highest BCUT2D eigenvalue weighted by Crippen LogP contribution is 2.37. The van der Waals surface area contributed by atoms with Crippen LogP contribution < -0.4 is 24.4 Å². The smallest absolute Gasteiger partial charge is 0.331 e. The maximum absolute atomic E-state index is 15.4. The molecular formula is C37H32F2N4O7. The number of rotatable bonds is 12. The predicted molar refractivity (Wildman–Crippen MR) is 180 cm³/mol. The van der Waals surface area contributed by atoms with Gasteiger partial charge in [0.05, 0.1) is 38.6 Å². The highest BCUT2D eigenvalue weighted by atomic mass is 19.1. The molecule has 0 radical (unpaired) electrons. The number of pyridine rings is 1. The van der Waals surface area contributed by atoms with Crippen molar-refractivity contribution in [2.45, 2.75) is 6.61 Å². The molecule has 1 saturated heterocycles. The van der Waals surface area contributed by atoms with Crippen LogP contribution in [0.15, 0.2) is 97.2 Å². The van der Waals surface area contributed by atoms with Gasteiger partial charge in [0.1, 0.15) is 17.5 Å². The van der Waals surface area contributed by atoms with E-state index in [1.165, 1.54) is 49.6 Å². The molecule has 256 valence electrons. The van der Waals surface area contributed by atoms with Gasteiger partial charge in [-0.1, -0.05) is 30.3 Å². The van der Waals surface area contributed by atoms with Gasteiger partial charge in [0.2, 0.25) is 11.8 Å². The summed E-state index contributed by atoms with van der Waals surface area (Å²) in [6.45, 7) is 0.255. The topological polar surface area (TPSA) is 120 Å². The van der Waals surface area contributed by atoms with Gasteiger partial charge in [0.15, 0.2) is 23.1 Å². The largest absolute Gasteiger partial charge is 0.493 e. The number of aromatic nitrogens is 1. The van der Waals surface area contributed by atoms with Gasteiger partial charge in [0.25, 0.3) is 0 Å². The third kappa shape index (κ3) is 7.32. The number of ether oxygens (including phenoxy) is 4. The Morgan fingerprint density at radius 3 is 2.34 bits per heavy atom. The third-order valence-corrected chi connectivity index (χ3v) is 8.03. The molecule has 1 unspecified atom stereocenters. The zero-order valence-electron chi connectivity index (χ0n) is 27.1. The first kappa shape index (κ1) is 33.8. The van der Waals surface area contributed by atoms with Crippen molar-refractivity contribution < 1.29 is 42.1 Å². The molecule has 1 aliphatic rings. The van der Waals surface area contributed by atoms with E-state index < -0.39 is 35.4 Å². The van der Waals surface area contributed by atoms with Crippen molar-refractivity contribution in [1.29, 1.82) is 0 Å². The van der Waals surface area contributed by atoms with Gasteiger partial charge >= 0.3 is 6.03 Å². The Morgan fingerprint density at radius 2 is 1.62 bits per heavy atom. The summed E-state index contributed by atoms with van der Waals surface area (Å²) in [5.41, 5.74) is 1.63. The molecule has 6 rings (SSSR count). The van der Waals surface area contributed by atoms with E-state index in [-0.39, 0.29) is 36.8 Å². The lowest BCUT2D eigenvalue weighted by Gasteiger charge is -2.37. The molecule has 4 amide bonds. The Labute approximate surface area is 285 Å². The molecule has 0 bridgehead atoms. The van der Waals surface area contributed by atoms with Crippen LogP contribution in [0.4, 0.5) is 25.0 Å². The molecule has 1 atom stereocenters. The Bertz CT molecular complexity index is 2030. The van der Waals surface area contributed by atoms with Crippen molar-refractivity contribution >= 4 is 40.1 Å². The number of nitrogens with one attached hydrogen (secondary N) is 1. The van der Waals surface area contributed by atoms with E-state index in [0.717, 1.165) is 28.7 Å². The number of hydrogen-bond acceptors (Lipinski definition) is 8. The Morgan fingerprint density at radius 1 is 0.880 bits per heavy atom. The number of imide groups is 1. The minimum atomic E-state index is -1.36. The van der Waals surface area contributed by atoms with Crippen LogP contribution in [-0.4, -0.2) is 61.6 Å². The van der Waals surface area contributed by atoms with Crippen LogP contribution in [0.3, 0.4) is 0 Å². The molecular weight excluding hydrogens is 650 g/mol. The van der Waals surface area contributed by atoms with Crippen molar-refractivity contribution in [3.8, 4) is 23.0 Å². The molecule has 1 aromatic heterocycles. The van der Waals surface area contributed by atoms with Gasteiger partial charge in [-0.05, 0) is 54.1 Å². The first-order valence-corrected chi connectivity index (χ1v) is 15.5. The molecule has 13 heteroatoms. The first-order chi connectivity index (χ1) is 24.2. The van der Waals surface area contributed by atoms with E-state index in [4.69, 9.17) is 18.9 Å². The molecule has 50 heavy (non-hydrogen) atoms. The Hall–Kier alpha value is -6.08. The molecule has 1 fully saturated rings. The average molecular weight is 683 g/mol. The van der Waals surface area contributed by atoms with Crippen LogP contribution in [0.2, 0.25) is 0 Å². The van der Waals surface area contributed by atoms with E-state index in [2.05, 4.69) is 10.3 Å². The molecule has 1 N–H and O–H groups in total. The molecule has 11 nitrogen and oxygen atoms in total. The van der Waals surface area contributed by atoms with Crippen molar-refractivity contribution in [1.82, 2.24) is 9.88 Å². The number of hydrogen-bond donors (Lipinski definition) is 1. The van der Waals surface area contributed by atoms with Crippen molar-refractivity contribution in [2.75, 3.05) is 44.1 Å². The highest BCUT2D eigenvalue weighted by Gasteiger charge is 2.43. The number of anilines is 2. The number of halogens is 2. The zero-order chi connectivity index (χ0) is 35.2. The molecule has 1 aliphatic heterocycles. The standard InChI is InChI=1S/C37H32F2N4O7/c1-47-33-19-27-30(20-34(33)48-2)40-15-14-31(27)50-32-13-10-25(18-29(32)39)41-35(44)28-21-42(16-17-49-22-23-6-4-3-5-7-23)37(46)43(36(28)45)26-11-8-24(38)9-12-26/h3-15,18-20,28H,16-17,21-22H2,1-2H3,(H,41,44). The van der Waals surface area contributed by atoms with Crippen LogP contribution in [0, 0.1) is 17.6 Å². The summed E-state index contributed by atoms with van der Waals surface area (Å²) >= 11 is 0. The lowest BCUT2D eigenvalue weighted by molar-refractivity contribution is -0.132. The first-order valence-electron chi connectivity index (χ1n) is 15.5. The van der Waals surface area contributed by atoms with Crippen LogP contribution in [0.1, 0.15) is 5.56 Å². The van der Waals surface area contributed by atoms with E-state index in [1.807, 2.05) is 30.3 Å². The average Bonchev–Trinajstić information content (AvgIpc) is 3.12. The Balaban J connectivity index is 1.18. The number of carbonyl (C=O) groups is 3. The molecule has 0 saturated carbocycles. The van der Waals surface area contributed by atoms with Crippen molar-refractivity contribution in [2.24, 2.45) is 5.92 Å². The molecule has 4 aromatic carbocycles. The van der Waals surface area contributed by atoms with Gasteiger partial charge in [-0.3, -0.25) is 14.6 Å². The monoisotopic (exact) mass is 682 g/mol. The maximum atomic E-state index is 15.4. The van der Waals surface area contributed by atoms with E-state index >= 15 is 4.39 Å². The number of urea groups is 1. The second-order valence-electron chi connectivity index (χ2n) is 11.2. The summed E-state index contributed by atoms with van der Waals surface area (Å²) < 4.78 is 51.4. The van der Waals surface area contributed by atoms with E-state index in [0.29, 0.717) is 34.8 Å². The van der Waals surface area contributed by atoms with Crippen molar-refractivity contribution in [3.05, 3.63) is 114 Å². The fraction of sp³-hybridized carbons (Fsp3) is 0.189. The van der Waals surface area contributed by atoms with Crippen LogP contribution >= 0.6 is 0 Å². The summed E-state index contributed by atoms with van der Waals surface area (Å²) in [6.07, 6.45) is 1.51. The minimum Gasteiger partial charge on any atom is -0.493 e. The number of methoxy groups -OCH3 is 2. The number of nitrogens with zero attached hydrogens (tertiary/aromatic N) is 3. The SMILES string of the molecule is COc1cc2nccc(Oc3ccc(NC(=O)C4CN(CCOCc5ccccc5)C(=O)N(c5ccc(F)cc5)C4=O)cc3F)c2cc1OC.